The maximum atomic E-state index is 4.52. The van der Waals surface area contributed by atoms with Crippen LogP contribution in [0.4, 0.5) is 0 Å². The van der Waals surface area contributed by atoms with Crippen LogP contribution in [0.15, 0.2) is 36.6 Å². The quantitative estimate of drug-likeness (QED) is 0.563. The van der Waals surface area contributed by atoms with Crippen LogP contribution < -0.4 is 0 Å². The van der Waals surface area contributed by atoms with Gasteiger partial charge in [-0.05, 0) is 11.6 Å². The van der Waals surface area contributed by atoms with Crippen LogP contribution in [0.5, 0.6) is 0 Å². The topological polar surface area (TPSA) is 9.23 Å². The van der Waals surface area contributed by atoms with E-state index < -0.39 is 0 Å². The maximum absolute atomic E-state index is 4.52. The predicted octanol–water partition coefficient (Wildman–Crippen LogP) is 2.47. The monoisotopic (exact) mass is 133 g/mol. The Morgan fingerprint density at radius 3 is 2.50 bits per heavy atom. The second kappa shape index (κ2) is 3.72. The van der Waals surface area contributed by atoms with Crippen molar-refractivity contribution in [3.63, 3.8) is 0 Å². The molecule has 1 aromatic carbocycles. The average Bonchev–Trinajstić information content (AvgIpc) is 2.03. The molecule has 1 radical (unpaired) electrons. The van der Waals surface area contributed by atoms with Crippen LogP contribution in [-0.2, 0) is 4.74 Å². The molecule has 0 aromatic heterocycles. The number of benzene rings is 1. The molecule has 0 saturated heterocycles. The highest BCUT2D eigenvalue weighted by Gasteiger charge is 1.79. The summed E-state index contributed by atoms with van der Waals surface area (Å²) < 4.78 is 4.52. The van der Waals surface area contributed by atoms with Crippen molar-refractivity contribution in [1.29, 1.82) is 0 Å². The Hall–Kier alpha value is -1.24. The zero-order chi connectivity index (χ0) is 7.23. The summed E-state index contributed by atoms with van der Waals surface area (Å²) in [6, 6.07) is 9.92. The third kappa shape index (κ3) is 1.94. The number of hydrogen-bond acceptors (Lipinski definition) is 1. The minimum atomic E-state index is 1.12. The van der Waals surface area contributed by atoms with Gasteiger partial charge in [0.2, 0.25) is 0 Å². The lowest BCUT2D eigenvalue weighted by molar-refractivity contribution is 0.398. The van der Waals surface area contributed by atoms with E-state index in [9.17, 15) is 0 Å². The first-order valence-electron chi connectivity index (χ1n) is 3.06. The van der Waals surface area contributed by atoms with Gasteiger partial charge >= 0.3 is 0 Å². The van der Waals surface area contributed by atoms with Gasteiger partial charge in [-0.3, -0.25) is 0 Å². The fourth-order valence-corrected chi connectivity index (χ4v) is 0.691. The molecule has 1 nitrogen and oxygen atoms in total. The van der Waals surface area contributed by atoms with Gasteiger partial charge in [-0.2, -0.15) is 0 Å². The van der Waals surface area contributed by atoms with Gasteiger partial charge in [-0.1, -0.05) is 30.3 Å². The molecule has 0 N–H and O–H groups in total. The summed E-state index contributed by atoms with van der Waals surface area (Å²) >= 11 is 0. The third-order valence-electron chi connectivity index (χ3n) is 1.16. The molecule has 0 atom stereocenters. The summed E-state index contributed by atoms with van der Waals surface area (Å²) in [7, 11) is 3.21. The van der Waals surface area contributed by atoms with E-state index in [1.807, 2.05) is 36.4 Å². The lowest BCUT2D eigenvalue weighted by atomic mass is 10.2. The number of ether oxygens (including phenoxy) is 1. The molecule has 51 valence electrons. The summed E-state index contributed by atoms with van der Waals surface area (Å²) in [5, 5.41) is 0. The SMILES string of the molecule is [CH2]O/C=C/c1ccccc1. The van der Waals surface area contributed by atoms with Crippen molar-refractivity contribution in [3.05, 3.63) is 49.3 Å². The molecule has 1 heteroatoms. The largest absolute Gasteiger partial charge is 0.498 e. The first kappa shape index (κ1) is 6.87. The van der Waals surface area contributed by atoms with Gasteiger partial charge in [0.15, 0.2) is 0 Å². The van der Waals surface area contributed by atoms with Crippen LogP contribution in [0.2, 0.25) is 0 Å². The van der Waals surface area contributed by atoms with Crippen LogP contribution in [0, 0.1) is 7.11 Å². The van der Waals surface area contributed by atoms with E-state index in [1.165, 1.54) is 0 Å². The van der Waals surface area contributed by atoms with Gasteiger partial charge < -0.3 is 4.74 Å². The normalized spacial score (nSPS) is 10.1. The minimum absolute atomic E-state index is 1.12. The Bertz CT molecular complexity index is 201. The lowest BCUT2D eigenvalue weighted by Crippen LogP contribution is -1.68. The Morgan fingerprint density at radius 2 is 1.90 bits per heavy atom. The first-order chi connectivity index (χ1) is 4.93. The Morgan fingerprint density at radius 1 is 1.20 bits per heavy atom. The molecule has 0 heterocycles. The summed E-state index contributed by atoms with van der Waals surface area (Å²) in [5.41, 5.74) is 1.12. The molecule has 1 rings (SSSR count). The van der Waals surface area contributed by atoms with Crippen molar-refractivity contribution in [2.24, 2.45) is 0 Å². The Kier molecular flexibility index (Phi) is 2.56. The molecule has 0 amide bonds. The summed E-state index contributed by atoms with van der Waals surface area (Å²) in [6.45, 7) is 0. The summed E-state index contributed by atoms with van der Waals surface area (Å²) in [4.78, 5) is 0. The highest BCUT2D eigenvalue weighted by atomic mass is 16.5. The van der Waals surface area contributed by atoms with Crippen molar-refractivity contribution in [1.82, 2.24) is 0 Å². The molecule has 0 aliphatic heterocycles. The van der Waals surface area contributed by atoms with Crippen LogP contribution in [0.1, 0.15) is 5.56 Å². The Balaban J connectivity index is 2.67. The standard InChI is InChI=1S/C9H9O/c1-10-8-7-9-5-3-2-4-6-9/h2-8H,1H2/b8-7+. The van der Waals surface area contributed by atoms with E-state index in [4.69, 9.17) is 0 Å². The van der Waals surface area contributed by atoms with Gasteiger partial charge in [0, 0.05) is 0 Å². The van der Waals surface area contributed by atoms with Crippen molar-refractivity contribution >= 4 is 6.08 Å². The van der Waals surface area contributed by atoms with Gasteiger partial charge in [0.1, 0.15) is 7.11 Å². The summed E-state index contributed by atoms with van der Waals surface area (Å²) in [6.07, 6.45) is 3.41. The number of rotatable bonds is 2. The van der Waals surface area contributed by atoms with Gasteiger partial charge in [0.25, 0.3) is 0 Å². The second-order valence-electron chi connectivity index (χ2n) is 1.88. The highest BCUT2D eigenvalue weighted by Crippen LogP contribution is 2.00. The van der Waals surface area contributed by atoms with Crippen LogP contribution >= 0.6 is 0 Å². The highest BCUT2D eigenvalue weighted by molar-refractivity contribution is 5.47. The number of hydrogen-bond donors (Lipinski definition) is 0. The van der Waals surface area contributed by atoms with Crippen molar-refractivity contribution in [3.8, 4) is 0 Å². The van der Waals surface area contributed by atoms with Crippen molar-refractivity contribution in [2.45, 2.75) is 0 Å². The van der Waals surface area contributed by atoms with E-state index in [2.05, 4.69) is 11.8 Å². The molecule has 10 heavy (non-hydrogen) atoms. The predicted molar refractivity (Wildman–Crippen MR) is 41.9 cm³/mol. The minimum Gasteiger partial charge on any atom is -0.498 e. The molecule has 0 aliphatic rings. The molecule has 0 saturated carbocycles. The summed E-state index contributed by atoms with van der Waals surface area (Å²) in [5.74, 6) is 0. The zero-order valence-electron chi connectivity index (χ0n) is 5.66. The average molecular weight is 133 g/mol. The van der Waals surface area contributed by atoms with Gasteiger partial charge in [0.05, 0.1) is 6.26 Å². The van der Waals surface area contributed by atoms with Crippen LogP contribution in [0.3, 0.4) is 0 Å². The molecule has 0 fully saturated rings. The van der Waals surface area contributed by atoms with Crippen LogP contribution in [-0.4, -0.2) is 0 Å². The molecule has 0 spiro atoms. The second-order valence-corrected chi connectivity index (χ2v) is 1.88. The Labute approximate surface area is 61.0 Å². The fraction of sp³-hybridized carbons (Fsp3) is 0. The van der Waals surface area contributed by atoms with E-state index >= 15 is 0 Å². The molecule has 0 unspecified atom stereocenters. The first-order valence-corrected chi connectivity index (χ1v) is 3.06. The molecule has 0 aliphatic carbocycles. The fourth-order valence-electron chi connectivity index (χ4n) is 0.691. The zero-order valence-corrected chi connectivity index (χ0v) is 5.66. The molecular weight excluding hydrogens is 124 g/mol. The lowest BCUT2D eigenvalue weighted by Gasteiger charge is -1.89. The smallest absolute Gasteiger partial charge is 0.121 e. The van der Waals surface area contributed by atoms with Crippen molar-refractivity contribution < 1.29 is 4.74 Å². The third-order valence-corrected chi connectivity index (χ3v) is 1.16. The van der Waals surface area contributed by atoms with Gasteiger partial charge in [-0.25, -0.2) is 0 Å². The van der Waals surface area contributed by atoms with Crippen molar-refractivity contribution in [2.75, 3.05) is 0 Å². The van der Waals surface area contributed by atoms with E-state index in [-0.39, 0.29) is 0 Å². The van der Waals surface area contributed by atoms with Crippen LogP contribution in [0.25, 0.3) is 6.08 Å². The molecule has 0 bridgehead atoms. The van der Waals surface area contributed by atoms with Gasteiger partial charge in [-0.15, -0.1) is 0 Å². The van der Waals surface area contributed by atoms with E-state index in [0.717, 1.165) is 5.56 Å². The van der Waals surface area contributed by atoms with E-state index in [0.29, 0.717) is 0 Å². The van der Waals surface area contributed by atoms with E-state index in [1.54, 1.807) is 6.26 Å². The molecule has 1 aromatic rings. The molecular formula is C9H9O. The maximum Gasteiger partial charge on any atom is 0.121 e.